The van der Waals surface area contributed by atoms with Gasteiger partial charge in [0, 0.05) is 64.8 Å². The summed E-state index contributed by atoms with van der Waals surface area (Å²) >= 11 is 0. The van der Waals surface area contributed by atoms with Gasteiger partial charge in [-0.1, -0.05) is 24.3 Å². The fourth-order valence-electron chi connectivity index (χ4n) is 3.82. The predicted octanol–water partition coefficient (Wildman–Crippen LogP) is 2.85. The summed E-state index contributed by atoms with van der Waals surface area (Å²) in [5.41, 5.74) is 3.83. The maximum atomic E-state index is 4.50. The van der Waals surface area contributed by atoms with Gasteiger partial charge in [-0.3, -0.25) is 9.67 Å². The van der Waals surface area contributed by atoms with Crippen molar-refractivity contribution >= 4 is 29.9 Å². The quantitative estimate of drug-likeness (QED) is 0.329. The molecule has 1 aliphatic rings. The minimum Gasteiger partial charge on any atom is -0.352 e. The molecule has 0 aliphatic carbocycles. The molecular weight excluding hydrogens is 477 g/mol. The molecule has 0 amide bonds. The Labute approximate surface area is 188 Å². The zero-order valence-corrected chi connectivity index (χ0v) is 19.2. The van der Waals surface area contributed by atoms with Gasteiger partial charge >= 0.3 is 0 Å². The molecule has 3 aromatic rings. The van der Waals surface area contributed by atoms with Crippen LogP contribution in [0.15, 0.2) is 60.4 Å². The van der Waals surface area contributed by atoms with Crippen molar-refractivity contribution < 1.29 is 0 Å². The summed E-state index contributed by atoms with van der Waals surface area (Å²) < 4.78 is 3.95. The third kappa shape index (κ3) is 5.37. The van der Waals surface area contributed by atoms with Gasteiger partial charge in [-0.05, 0) is 23.1 Å². The third-order valence-corrected chi connectivity index (χ3v) is 5.26. The van der Waals surface area contributed by atoms with Gasteiger partial charge in [0.1, 0.15) is 0 Å². The van der Waals surface area contributed by atoms with E-state index in [4.69, 9.17) is 0 Å². The molecule has 3 heterocycles. The van der Waals surface area contributed by atoms with E-state index in [1.165, 1.54) is 16.7 Å². The lowest BCUT2D eigenvalue weighted by Crippen LogP contribution is -2.39. The Morgan fingerprint density at radius 3 is 2.90 bits per heavy atom. The van der Waals surface area contributed by atoms with Crippen LogP contribution in [0.2, 0.25) is 0 Å². The highest BCUT2D eigenvalue weighted by molar-refractivity contribution is 14.0. The van der Waals surface area contributed by atoms with Crippen LogP contribution in [-0.4, -0.2) is 50.3 Å². The number of benzene rings is 1. The highest BCUT2D eigenvalue weighted by Crippen LogP contribution is 2.26. The zero-order valence-electron chi connectivity index (χ0n) is 16.9. The van der Waals surface area contributed by atoms with Gasteiger partial charge < -0.3 is 14.8 Å². The molecule has 0 spiro atoms. The SMILES string of the molecule is CN=C(NCc1cccc(Cn2ccnc2)c1)N1CCC(c2cnn(C)c2)C1.I. The minimum atomic E-state index is 0. The summed E-state index contributed by atoms with van der Waals surface area (Å²) in [4.78, 5) is 10.9. The van der Waals surface area contributed by atoms with Crippen LogP contribution in [-0.2, 0) is 20.1 Å². The Bertz CT molecular complexity index is 932. The van der Waals surface area contributed by atoms with Crippen LogP contribution >= 0.6 is 24.0 Å². The maximum Gasteiger partial charge on any atom is 0.193 e. The van der Waals surface area contributed by atoms with Crippen molar-refractivity contribution in [2.75, 3.05) is 20.1 Å². The highest BCUT2D eigenvalue weighted by atomic mass is 127. The Balaban J connectivity index is 0.00000240. The van der Waals surface area contributed by atoms with Gasteiger partial charge in [-0.2, -0.15) is 5.10 Å². The van der Waals surface area contributed by atoms with Gasteiger partial charge in [0.15, 0.2) is 5.96 Å². The molecule has 1 aromatic carbocycles. The minimum absolute atomic E-state index is 0. The normalized spacial score (nSPS) is 16.7. The molecule has 1 atom stereocenters. The van der Waals surface area contributed by atoms with Crippen molar-refractivity contribution in [2.45, 2.75) is 25.4 Å². The van der Waals surface area contributed by atoms with Crippen molar-refractivity contribution in [3.05, 3.63) is 72.1 Å². The number of hydrogen-bond acceptors (Lipinski definition) is 3. The van der Waals surface area contributed by atoms with Gasteiger partial charge in [-0.25, -0.2) is 4.98 Å². The summed E-state index contributed by atoms with van der Waals surface area (Å²) in [6, 6.07) is 8.65. The Morgan fingerprint density at radius 2 is 2.17 bits per heavy atom. The van der Waals surface area contributed by atoms with E-state index in [2.05, 4.69) is 60.3 Å². The van der Waals surface area contributed by atoms with Gasteiger partial charge in [-0.15, -0.1) is 24.0 Å². The van der Waals surface area contributed by atoms with Crippen molar-refractivity contribution in [2.24, 2.45) is 12.0 Å². The molecule has 0 saturated carbocycles. The van der Waals surface area contributed by atoms with E-state index in [0.29, 0.717) is 5.92 Å². The zero-order chi connectivity index (χ0) is 19.3. The number of rotatable bonds is 5. The van der Waals surface area contributed by atoms with Crippen LogP contribution < -0.4 is 5.32 Å². The van der Waals surface area contributed by atoms with Crippen molar-refractivity contribution in [3.63, 3.8) is 0 Å². The summed E-state index contributed by atoms with van der Waals surface area (Å²) in [7, 11) is 3.83. The monoisotopic (exact) mass is 505 g/mol. The molecule has 1 aliphatic heterocycles. The lowest BCUT2D eigenvalue weighted by Gasteiger charge is -2.21. The third-order valence-electron chi connectivity index (χ3n) is 5.26. The second-order valence-electron chi connectivity index (χ2n) is 7.33. The van der Waals surface area contributed by atoms with Gasteiger partial charge in [0.2, 0.25) is 0 Å². The Hall–Kier alpha value is -2.36. The molecule has 1 N–H and O–H groups in total. The summed E-state index contributed by atoms with van der Waals surface area (Å²) in [5.74, 6) is 1.48. The number of aryl methyl sites for hydroxylation is 1. The fourth-order valence-corrected chi connectivity index (χ4v) is 3.82. The molecule has 8 heteroatoms. The van der Waals surface area contributed by atoms with Crippen LogP contribution in [0, 0.1) is 0 Å². The standard InChI is InChI=1S/C21H27N7.HI/c1-22-21(28-8-6-19(15-28)20-12-25-26(2)14-20)24-11-17-4-3-5-18(10-17)13-27-9-7-23-16-27;/h3-5,7,9-10,12,14,16,19H,6,8,11,13,15H2,1-2H3,(H,22,24);1H. The lowest BCUT2D eigenvalue weighted by atomic mass is 10.0. The molecular formula is C21H28IN7. The largest absolute Gasteiger partial charge is 0.352 e. The Morgan fingerprint density at radius 1 is 1.31 bits per heavy atom. The summed E-state index contributed by atoms with van der Waals surface area (Å²) in [6.45, 7) is 3.59. The number of likely N-dealkylation sites (tertiary alicyclic amines) is 1. The number of nitrogens with zero attached hydrogens (tertiary/aromatic N) is 6. The maximum absolute atomic E-state index is 4.50. The van der Waals surface area contributed by atoms with Crippen molar-refractivity contribution in [1.29, 1.82) is 0 Å². The lowest BCUT2D eigenvalue weighted by molar-refractivity contribution is 0.486. The van der Waals surface area contributed by atoms with E-state index in [9.17, 15) is 0 Å². The van der Waals surface area contributed by atoms with E-state index in [0.717, 1.165) is 38.6 Å². The molecule has 1 unspecified atom stereocenters. The molecule has 1 saturated heterocycles. The van der Waals surface area contributed by atoms with E-state index in [1.54, 1.807) is 0 Å². The van der Waals surface area contributed by atoms with Crippen LogP contribution in [0.5, 0.6) is 0 Å². The van der Waals surface area contributed by atoms with E-state index in [-0.39, 0.29) is 24.0 Å². The predicted molar refractivity (Wildman–Crippen MR) is 126 cm³/mol. The number of aliphatic imine (C=N–C) groups is 1. The Kier molecular flexibility index (Phi) is 7.29. The van der Waals surface area contributed by atoms with Crippen LogP contribution in [0.1, 0.15) is 29.0 Å². The van der Waals surface area contributed by atoms with Crippen molar-refractivity contribution in [3.8, 4) is 0 Å². The molecule has 4 rings (SSSR count). The van der Waals surface area contributed by atoms with Crippen LogP contribution in [0.4, 0.5) is 0 Å². The molecule has 0 radical (unpaired) electrons. The van der Waals surface area contributed by atoms with Gasteiger partial charge in [0.25, 0.3) is 0 Å². The number of imidazole rings is 1. The first kappa shape index (κ1) is 21.4. The number of aromatic nitrogens is 4. The molecule has 2 aromatic heterocycles. The number of guanidine groups is 1. The molecule has 154 valence electrons. The van der Waals surface area contributed by atoms with Crippen molar-refractivity contribution in [1.82, 2.24) is 29.5 Å². The summed E-state index contributed by atoms with van der Waals surface area (Å²) in [5, 5.41) is 7.84. The van der Waals surface area contributed by atoms with E-state index < -0.39 is 0 Å². The number of hydrogen-bond donors (Lipinski definition) is 1. The second kappa shape index (κ2) is 9.91. The smallest absolute Gasteiger partial charge is 0.193 e. The topological polar surface area (TPSA) is 63.3 Å². The molecule has 1 fully saturated rings. The van der Waals surface area contributed by atoms with Crippen LogP contribution in [0.3, 0.4) is 0 Å². The number of nitrogens with one attached hydrogen (secondary N) is 1. The number of halogens is 1. The van der Waals surface area contributed by atoms with Gasteiger partial charge in [0.05, 0.1) is 12.5 Å². The van der Waals surface area contributed by atoms with Crippen LogP contribution in [0.25, 0.3) is 0 Å². The average Bonchev–Trinajstić information content (AvgIpc) is 3.45. The molecule has 7 nitrogen and oxygen atoms in total. The average molecular weight is 505 g/mol. The first-order valence-electron chi connectivity index (χ1n) is 9.69. The van der Waals surface area contributed by atoms with E-state index in [1.807, 2.05) is 43.7 Å². The molecule has 0 bridgehead atoms. The fraction of sp³-hybridized carbons (Fsp3) is 0.381. The van der Waals surface area contributed by atoms with E-state index >= 15 is 0 Å². The summed E-state index contributed by atoms with van der Waals surface area (Å²) in [6.07, 6.45) is 10.9. The molecule has 29 heavy (non-hydrogen) atoms. The first-order valence-corrected chi connectivity index (χ1v) is 9.69. The highest BCUT2D eigenvalue weighted by Gasteiger charge is 2.26. The first-order chi connectivity index (χ1) is 13.7. The second-order valence-corrected chi connectivity index (χ2v) is 7.33.